The highest BCUT2D eigenvalue weighted by Gasteiger charge is 2.16. The maximum Gasteiger partial charge on any atom is 0.260 e. The maximum absolute atomic E-state index is 11.3. The molecule has 0 aliphatic carbocycles. The number of carbonyl (C=O) groups excluding carboxylic acids is 1. The number of thiazole rings is 1. The number of primary amides is 1. The Morgan fingerprint density at radius 1 is 1.33 bits per heavy atom. The number of aromatic nitrogens is 3. The normalized spacial score (nSPS) is 15.2. The molecular weight excluding hydrogens is 288 g/mol. The van der Waals surface area contributed by atoms with E-state index >= 15 is 0 Å². The summed E-state index contributed by atoms with van der Waals surface area (Å²) >= 11 is 1.27. The zero-order valence-corrected chi connectivity index (χ0v) is 12.5. The Labute approximate surface area is 126 Å². The smallest absolute Gasteiger partial charge is 0.260 e. The van der Waals surface area contributed by atoms with E-state index in [-0.39, 0.29) is 0 Å². The quantitative estimate of drug-likeness (QED) is 0.853. The van der Waals surface area contributed by atoms with Crippen molar-refractivity contribution < 1.29 is 4.79 Å². The molecule has 1 saturated heterocycles. The lowest BCUT2D eigenvalue weighted by molar-refractivity contribution is 0.100. The van der Waals surface area contributed by atoms with Crippen molar-refractivity contribution in [3.63, 3.8) is 0 Å². The molecule has 3 heterocycles. The number of hydrogen-bond donors (Lipinski definition) is 2. The first kappa shape index (κ1) is 13.9. The van der Waals surface area contributed by atoms with E-state index in [1.54, 1.807) is 19.3 Å². The highest BCUT2D eigenvalue weighted by molar-refractivity contribution is 7.17. The number of hydrogen-bond acceptors (Lipinski definition) is 7. The van der Waals surface area contributed by atoms with Crippen LogP contribution in [0.3, 0.4) is 0 Å². The van der Waals surface area contributed by atoms with Gasteiger partial charge in [0.1, 0.15) is 9.88 Å². The topological polar surface area (TPSA) is 97.0 Å². The van der Waals surface area contributed by atoms with Gasteiger partial charge < -0.3 is 16.0 Å². The number of nitrogens with two attached hydrogens (primary N) is 1. The molecule has 0 radical (unpaired) electrons. The first-order valence-corrected chi connectivity index (χ1v) is 7.52. The summed E-state index contributed by atoms with van der Waals surface area (Å²) in [5.74, 6) is 0.276. The second kappa shape index (κ2) is 5.74. The zero-order valence-electron chi connectivity index (χ0n) is 11.7. The third kappa shape index (κ3) is 2.86. The lowest BCUT2D eigenvalue weighted by Crippen LogP contribution is -2.44. The van der Waals surface area contributed by atoms with E-state index < -0.39 is 5.91 Å². The summed E-state index contributed by atoms with van der Waals surface area (Å²) in [5.41, 5.74) is 6.76. The number of aryl methyl sites for hydroxylation is 1. The van der Waals surface area contributed by atoms with Gasteiger partial charge in [-0.3, -0.25) is 4.79 Å². The SMILES string of the molecule is Cc1nc(-c2cnc(N3CCNCC3)nc2)sc1C(N)=O. The van der Waals surface area contributed by atoms with Crippen LogP contribution in [-0.2, 0) is 0 Å². The average Bonchev–Trinajstić information content (AvgIpc) is 2.90. The molecule has 8 heteroatoms. The lowest BCUT2D eigenvalue weighted by Gasteiger charge is -2.27. The van der Waals surface area contributed by atoms with Gasteiger partial charge in [0.05, 0.1) is 5.69 Å². The third-order valence-electron chi connectivity index (χ3n) is 3.31. The van der Waals surface area contributed by atoms with Crippen molar-refractivity contribution in [2.45, 2.75) is 6.92 Å². The monoisotopic (exact) mass is 304 g/mol. The van der Waals surface area contributed by atoms with Gasteiger partial charge in [-0.05, 0) is 6.92 Å². The summed E-state index contributed by atoms with van der Waals surface area (Å²) in [5, 5.41) is 4.01. The van der Waals surface area contributed by atoms with Crippen molar-refractivity contribution in [3.8, 4) is 10.6 Å². The van der Waals surface area contributed by atoms with Crippen LogP contribution in [0.5, 0.6) is 0 Å². The summed E-state index contributed by atoms with van der Waals surface area (Å²) in [6.45, 7) is 5.47. The van der Waals surface area contributed by atoms with E-state index in [4.69, 9.17) is 5.73 Å². The molecule has 0 spiro atoms. The standard InChI is InChI=1S/C13H16N6OS/c1-8-10(11(14)20)21-12(18-8)9-6-16-13(17-7-9)19-4-2-15-3-5-19/h6-7,15H,2-5H2,1H3,(H2,14,20). The molecule has 3 N–H and O–H groups in total. The molecular formula is C13H16N6OS. The molecule has 1 aliphatic heterocycles. The van der Waals surface area contributed by atoms with Crippen LogP contribution in [0, 0.1) is 6.92 Å². The number of nitrogens with zero attached hydrogens (tertiary/aromatic N) is 4. The van der Waals surface area contributed by atoms with Gasteiger partial charge in [0.2, 0.25) is 5.95 Å². The van der Waals surface area contributed by atoms with E-state index in [9.17, 15) is 4.79 Å². The van der Waals surface area contributed by atoms with Gasteiger partial charge in [-0.1, -0.05) is 0 Å². The van der Waals surface area contributed by atoms with Crippen molar-refractivity contribution in [3.05, 3.63) is 23.0 Å². The molecule has 1 aliphatic rings. The predicted octanol–water partition coefficient (Wildman–Crippen LogP) is 0.417. The van der Waals surface area contributed by atoms with Crippen molar-refractivity contribution in [2.75, 3.05) is 31.1 Å². The molecule has 1 fully saturated rings. The first-order valence-electron chi connectivity index (χ1n) is 6.70. The van der Waals surface area contributed by atoms with E-state index in [0.717, 1.165) is 37.7 Å². The van der Waals surface area contributed by atoms with Crippen LogP contribution in [0.15, 0.2) is 12.4 Å². The molecule has 2 aromatic rings. The van der Waals surface area contributed by atoms with E-state index in [1.165, 1.54) is 11.3 Å². The second-order valence-corrected chi connectivity index (χ2v) is 5.81. The Bertz CT molecular complexity index is 647. The van der Waals surface area contributed by atoms with Crippen LogP contribution in [0.1, 0.15) is 15.4 Å². The van der Waals surface area contributed by atoms with Crippen LogP contribution >= 0.6 is 11.3 Å². The summed E-state index contributed by atoms with van der Waals surface area (Å²) in [4.78, 5) is 27.1. The van der Waals surface area contributed by atoms with Gasteiger partial charge in [0.25, 0.3) is 5.91 Å². The first-order chi connectivity index (χ1) is 10.1. The minimum absolute atomic E-state index is 0.449. The minimum Gasteiger partial charge on any atom is -0.365 e. The summed E-state index contributed by atoms with van der Waals surface area (Å²) in [6, 6.07) is 0. The fourth-order valence-corrected chi connectivity index (χ4v) is 3.10. The van der Waals surface area contributed by atoms with Gasteiger partial charge in [0, 0.05) is 44.1 Å². The molecule has 0 aromatic carbocycles. The molecule has 1 amide bonds. The van der Waals surface area contributed by atoms with Gasteiger partial charge in [-0.15, -0.1) is 11.3 Å². The lowest BCUT2D eigenvalue weighted by atomic mass is 10.3. The number of rotatable bonds is 3. The number of piperazine rings is 1. The number of carbonyl (C=O) groups is 1. The molecule has 0 unspecified atom stereocenters. The number of anilines is 1. The van der Waals surface area contributed by atoms with E-state index in [0.29, 0.717) is 15.6 Å². The maximum atomic E-state index is 11.3. The van der Waals surface area contributed by atoms with Gasteiger partial charge >= 0.3 is 0 Å². The molecule has 0 saturated carbocycles. The largest absolute Gasteiger partial charge is 0.365 e. The van der Waals surface area contributed by atoms with Gasteiger partial charge in [0.15, 0.2) is 0 Å². The number of nitrogens with one attached hydrogen (secondary N) is 1. The Morgan fingerprint density at radius 3 is 2.57 bits per heavy atom. The molecule has 2 aromatic heterocycles. The molecule has 0 bridgehead atoms. The summed E-state index contributed by atoms with van der Waals surface area (Å²) in [7, 11) is 0. The van der Waals surface area contributed by atoms with Crippen molar-refractivity contribution >= 4 is 23.2 Å². The Morgan fingerprint density at radius 2 is 2.00 bits per heavy atom. The minimum atomic E-state index is -0.449. The summed E-state index contributed by atoms with van der Waals surface area (Å²) in [6.07, 6.45) is 3.49. The highest BCUT2D eigenvalue weighted by Crippen LogP contribution is 2.27. The van der Waals surface area contributed by atoms with Crippen LogP contribution in [0.25, 0.3) is 10.6 Å². The number of amides is 1. The second-order valence-electron chi connectivity index (χ2n) is 4.81. The van der Waals surface area contributed by atoms with Crippen LogP contribution in [0.4, 0.5) is 5.95 Å². The van der Waals surface area contributed by atoms with Gasteiger partial charge in [-0.25, -0.2) is 15.0 Å². The van der Waals surface area contributed by atoms with Crippen LogP contribution < -0.4 is 16.0 Å². The Kier molecular flexibility index (Phi) is 3.80. The van der Waals surface area contributed by atoms with Crippen LogP contribution in [-0.4, -0.2) is 47.0 Å². The molecule has 110 valence electrons. The van der Waals surface area contributed by atoms with Crippen molar-refractivity contribution in [1.29, 1.82) is 0 Å². The average molecular weight is 304 g/mol. The predicted molar refractivity (Wildman–Crippen MR) is 81.5 cm³/mol. The van der Waals surface area contributed by atoms with E-state index in [1.807, 2.05) is 0 Å². The van der Waals surface area contributed by atoms with Crippen molar-refractivity contribution in [1.82, 2.24) is 20.3 Å². The Balaban J connectivity index is 1.83. The van der Waals surface area contributed by atoms with Crippen LogP contribution in [0.2, 0.25) is 0 Å². The zero-order chi connectivity index (χ0) is 14.8. The molecule has 0 atom stereocenters. The van der Waals surface area contributed by atoms with E-state index in [2.05, 4.69) is 25.2 Å². The molecule has 3 rings (SSSR count). The fourth-order valence-electron chi connectivity index (χ4n) is 2.21. The highest BCUT2D eigenvalue weighted by atomic mass is 32.1. The van der Waals surface area contributed by atoms with Crippen molar-refractivity contribution in [2.24, 2.45) is 5.73 Å². The molecule has 21 heavy (non-hydrogen) atoms. The summed E-state index contributed by atoms with van der Waals surface area (Å²) < 4.78 is 0. The third-order valence-corrected chi connectivity index (χ3v) is 4.53. The molecule has 7 nitrogen and oxygen atoms in total. The van der Waals surface area contributed by atoms with Gasteiger partial charge in [-0.2, -0.15) is 0 Å². The fraction of sp³-hybridized carbons (Fsp3) is 0.385. The Hall–Kier alpha value is -2.06.